The lowest BCUT2D eigenvalue weighted by molar-refractivity contribution is 0.376. The minimum absolute atomic E-state index is 0.0142. The Balaban J connectivity index is 2.90. The number of aliphatic imine (C=N–C) groups is 1. The molecule has 3 heteroatoms. The molecule has 0 unspecified atom stereocenters. The third-order valence-electron chi connectivity index (χ3n) is 3.76. The van der Waals surface area contributed by atoms with Gasteiger partial charge in [-0.1, -0.05) is 41.5 Å². The molecule has 0 radical (unpaired) electrons. The van der Waals surface area contributed by atoms with Crippen LogP contribution in [0.2, 0.25) is 0 Å². The number of phenolic OH excluding ortho intramolecular Hbond substituents is 2. The van der Waals surface area contributed by atoms with Crippen molar-refractivity contribution in [3.8, 4) is 11.5 Å². The highest BCUT2D eigenvalue weighted by atomic mass is 16.3. The van der Waals surface area contributed by atoms with Crippen LogP contribution in [-0.4, -0.2) is 15.9 Å². The maximum Gasteiger partial charge on any atom is 0.163 e. The predicted molar refractivity (Wildman–Crippen MR) is 83.6 cm³/mol. The molecule has 1 aromatic rings. The van der Waals surface area contributed by atoms with Crippen LogP contribution in [0.4, 0.5) is 5.69 Å². The molecular formula is C17H25NO2. The zero-order valence-corrected chi connectivity index (χ0v) is 13.5. The molecule has 0 aliphatic carbocycles. The van der Waals surface area contributed by atoms with Crippen molar-refractivity contribution in [1.29, 1.82) is 0 Å². The molecule has 20 heavy (non-hydrogen) atoms. The van der Waals surface area contributed by atoms with Crippen molar-refractivity contribution in [2.24, 2.45) is 4.99 Å². The molecule has 0 saturated carbocycles. The van der Waals surface area contributed by atoms with Crippen molar-refractivity contribution in [1.82, 2.24) is 0 Å². The molecule has 1 aliphatic heterocycles. The second-order valence-electron chi connectivity index (χ2n) is 7.80. The van der Waals surface area contributed by atoms with E-state index in [0.29, 0.717) is 0 Å². The summed E-state index contributed by atoms with van der Waals surface area (Å²) < 4.78 is 0. The lowest BCUT2D eigenvalue weighted by Gasteiger charge is -2.29. The fraction of sp³-hybridized carbons (Fsp3) is 0.588. The molecule has 2 N–H and O–H groups in total. The highest BCUT2D eigenvalue weighted by Gasteiger charge is 2.35. The number of fused-ring (bicyclic) bond motifs is 1. The lowest BCUT2D eigenvalue weighted by atomic mass is 9.76. The number of nitrogens with zero attached hydrogens (tertiary/aromatic N) is 1. The van der Waals surface area contributed by atoms with Gasteiger partial charge >= 0.3 is 0 Å². The summed E-state index contributed by atoms with van der Waals surface area (Å²) in [5.41, 5.74) is 4.01. The van der Waals surface area contributed by atoms with E-state index in [1.807, 2.05) is 48.5 Å². The number of hydrogen-bond donors (Lipinski definition) is 2. The molecule has 0 fully saturated rings. The van der Waals surface area contributed by atoms with E-state index < -0.39 is 0 Å². The van der Waals surface area contributed by atoms with Crippen LogP contribution in [0.15, 0.2) is 4.99 Å². The number of aromatic hydroxyl groups is 2. The fourth-order valence-corrected chi connectivity index (χ4v) is 3.06. The summed E-state index contributed by atoms with van der Waals surface area (Å²) in [7, 11) is 0. The molecule has 0 bridgehead atoms. The Morgan fingerprint density at radius 1 is 0.850 bits per heavy atom. The van der Waals surface area contributed by atoms with E-state index in [1.165, 1.54) is 0 Å². The van der Waals surface area contributed by atoms with Crippen molar-refractivity contribution in [2.75, 3.05) is 0 Å². The van der Waals surface area contributed by atoms with Gasteiger partial charge < -0.3 is 10.2 Å². The van der Waals surface area contributed by atoms with Crippen molar-refractivity contribution in [2.45, 2.75) is 65.7 Å². The summed E-state index contributed by atoms with van der Waals surface area (Å²) in [6.45, 7) is 14.2. The summed E-state index contributed by atoms with van der Waals surface area (Å²) in [5, 5.41) is 21.0. The van der Waals surface area contributed by atoms with Gasteiger partial charge in [0.05, 0.1) is 5.69 Å². The summed E-state index contributed by atoms with van der Waals surface area (Å²) in [4.78, 5) is 4.64. The fourth-order valence-electron chi connectivity index (χ4n) is 3.06. The van der Waals surface area contributed by atoms with E-state index in [0.717, 1.165) is 34.5 Å². The van der Waals surface area contributed by atoms with Gasteiger partial charge in [0.1, 0.15) is 0 Å². The van der Waals surface area contributed by atoms with Crippen LogP contribution in [0, 0.1) is 0 Å². The summed E-state index contributed by atoms with van der Waals surface area (Å²) >= 11 is 0. The number of phenols is 2. The number of hydrogen-bond acceptors (Lipinski definition) is 3. The lowest BCUT2D eigenvalue weighted by Crippen LogP contribution is -2.18. The molecular weight excluding hydrogens is 250 g/mol. The second-order valence-corrected chi connectivity index (χ2v) is 7.80. The van der Waals surface area contributed by atoms with Crippen molar-refractivity contribution in [3.63, 3.8) is 0 Å². The third kappa shape index (κ3) is 2.19. The minimum Gasteiger partial charge on any atom is -0.504 e. The maximum atomic E-state index is 10.5. The van der Waals surface area contributed by atoms with Gasteiger partial charge in [-0.25, -0.2) is 0 Å². The van der Waals surface area contributed by atoms with Gasteiger partial charge in [-0.15, -0.1) is 0 Å². The van der Waals surface area contributed by atoms with E-state index >= 15 is 0 Å². The van der Waals surface area contributed by atoms with Crippen LogP contribution in [0.25, 0.3) is 0 Å². The van der Waals surface area contributed by atoms with Gasteiger partial charge in [-0.05, 0) is 23.3 Å². The topological polar surface area (TPSA) is 52.8 Å². The van der Waals surface area contributed by atoms with Crippen LogP contribution in [0.3, 0.4) is 0 Å². The Bertz CT molecular complexity index is 599. The first-order valence-corrected chi connectivity index (χ1v) is 7.10. The van der Waals surface area contributed by atoms with Gasteiger partial charge in [0.15, 0.2) is 11.5 Å². The van der Waals surface area contributed by atoms with Gasteiger partial charge in [0.25, 0.3) is 0 Å². The number of benzene rings is 1. The van der Waals surface area contributed by atoms with E-state index in [9.17, 15) is 10.2 Å². The second kappa shape index (κ2) is 4.24. The molecule has 0 saturated heterocycles. The summed E-state index contributed by atoms with van der Waals surface area (Å²) in [6, 6.07) is 0. The molecule has 2 rings (SSSR count). The van der Waals surface area contributed by atoms with Crippen molar-refractivity contribution in [3.05, 3.63) is 16.7 Å². The quantitative estimate of drug-likeness (QED) is 0.692. The van der Waals surface area contributed by atoms with Crippen molar-refractivity contribution < 1.29 is 10.2 Å². The van der Waals surface area contributed by atoms with Gasteiger partial charge in [0, 0.05) is 23.3 Å². The Kier molecular flexibility index (Phi) is 3.16. The smallest absolute Gasteiger partial charge is 0.163 e. The summed E-state index contributed by atoms with van der Waals surface area (Å²) in [5.74, 6) is 0.00528. The largest absolute Gasteiger partial charge is 0.504 e. The molecule has 1 aliphatic rings. The average molecular weight is 275 g/mol. The molecule has 0 aromatic heterocycles. The first kappa shape index (κ1) is 14.9. The normalized spacial score (nSPS) is 15.2. The van der Waals surface area contributed by atoms with Crippen LogP contribution in [0.5, 0.6) is 11.5 Å². The Morgan fingerprint density at radius 3 is 1.75 bits per heavy atom. The zero-order valence-electron chi connectivity index (χ0n) is 13.5. The zero-order chi connectivity index (χ0) is 15.5. The van der Waals surface area contributed by atoms with Crippen molar-refractivity contribution >= 4 is 11.4 Å². The Morgan fingerprint density at radius 2 is 1.30 bits per heavy atom. The highest BCUT2D eigenvalue weighted by Crippen LogP contribution is 2.53. The van der Waals surface area contributed by atoms with Crippen LogP contribution >= 0.6 is 0 Å². The molecule has 3 nitrogen and oxygen atoms in total. The SMILES string of the molecule is CC1=Nc2c(c(C(C)(C)C)c(O)c(O)c2C(C)(C)C)C1. The summed E-state index contributed by atoms with van der Waals surface area (Å²) in [6.07, 6.45) is 0.749. The molecule has 0 amide bonds. The van der Waals surface area contributed by atoms with E-state index in [4.69, 9.17) is 0 Å². The van der Waals surface area contributed by atoms with E-state index in [2.05, 4.69) is 4.99 Å². The van der Waals surface area contributed by atoms with Crippen LogP contribution in [0.1, 0.15) is 65.2 Å². The van der Waals surface area contributed by atoms with E-state index in [1.54, 1.807) is 0 Å². The first-order valence-electron chi connectivity index (χ1n) is 7.10. The Labute approximate surface area is 121 Å². The third-order valence-corrected chi connectivity index (χ3v) is 3.76. The molecule has 0 spiro atoms. The standard InChI is InChI=1S/C17H25NO2/c1-9-8-10-11(16(2,3)4)14(19)15(20)12(13(10)18-9)17(5,6)7/h19-20H,8H2,1-7H3. The van der Waals surface area contributed by atoms with E-state index in [-0.39, 0.29) is 22.3 Å². The van der Waals surface area contributed by atoms with Crippen LogP contribution < -0.4 is 0 Å². The first-order chi connectivity index (χ1) is 8.94. The number of rotatable bonds is 0. The molecule has 110 valence electrons. The van der Waals surface area contributed by atoms with Gasteiger partial charge in [0.2, 0.25) is 0 Å². The molecule has 1 aromatic carbocycles. The molecule has 1 heterocycles. The van der Waals surface area contributed by atoms with Crippen LogP contribution in [-0.2, 0) is 17.3 Å². The molecule has 0 atom stereocenters. The highest BCUT2D eigenvalue weighted by molar-refractivity contribution is 5.95. The predicted octanol–water partition coefficient (Wildman–Crippen LogP) is 4.34. The minimum atomic E-state index is -0.268. The maximum absolute atomic E-state index is 10.5. The monoisotopic (exact) mass is 275 g/mol. The average Bonchev–Trinajstić information content (AvgIpc) is 2.55. The van der Waals surface area contributed by atoms with Gasteiger partial charge in [-0.2, -0.15) is 0 Å². The van der Waals surface area contributed by atoms with Gasteiger partial charge in [-0.3, -0.25) is 4.99 Å². The Hall–Kier alpha value is -1.51.